The molecular weight excluding hydrogens is 382 g/mol. The van der Waals surface area contributed by atoms with Gasteiger partial charge in [-0.25, -0.2) is 17.5 Å². The number of sulfonamides is 1. The largest absolute Gasteiger partial charge is 0.426 e. The molecule has 2 heterocycles. The van der Waals surface area contributed by atoms with Crippen LogP contribution in [0.5, 0.6) is 5.75 Å². The number of piperidine rings is 1. The number of hydrogen-bond donors (Lipinski definition) is 0. The first kappa shape index (κ1) is 19.1. The third-order valence-electron chi connectivity index (χ3n) is 5.71. The van der Waals surface area contributed by atoms with Gasteiger partial charge in [0.25, 0.3) is 0 Å². The monoisotopic (exact) mass is 405 g/mol. The van der Waals surface area contributed by atoms with Gasteiger partial charge in [0.2, 0.25) is 10.0 Å². The zero-order valence-electron chi connectivity index (χ0n) is 15.8. The molecule has 1 aliphatic heterocycles. The number of carbonyl (C=O) groups excluding carboxylic acids is 1. The second kappa shape index (κ2) is 7.33. The van der Waals surface area contributed by atoms with Crippen molar-refractivity contribution in [3.8, 4) is 5.75 Å². The average molecular weight is 405 g/mol. The Bertz CT molecular complexity index is 1080. The van der Waals surface area contributed by atoms with Crippen molar-refractivity contribution in [2.45, 2.75) is 39.0 Å². The number of rotatable bonds is 4. The van der Waals surface area contributed by atoms with Crippen LogP contribution in [0.4, 0.5) is 0 Å². The van der Waals surface area contributed by atoms with Gasteiger partial charge in [-0.15, -0.1) is 0 Å². The van der Waals surface area contributed by atoms with Crippen molar-refractivity contribution in [3.05, 3.63) is 39.7 Å². The van der Waals surface area contributed by atoms with Crippen molar-refractivity contribution >= 4 is 27.0 Å². The van der Waals surface area contributed by atoms with Crippen molar-refractivity contribution < 1.29 is 22.4 Å². The Morgan fingerprint density at radius 1 is 1.21 bits per heavy atom. The quantitative estimate of drug-likeness (QED) is 0.440. The van der Waals surface area contributed by atoms with Crippen LogP contribution in [0.2, 0.25) is 0 Å². The van der Waals surface area contributed by atoms with Crippen LogP contribution < -0.4 is 10.4 Å². The molecule has 4 rings (SSSR count). The molecule has 0 N–H and O–H groups in total. The minimum absolute atomic E-state index is 0.0636. The lowest BCUT2D eigenvalue weighted by atomic mass is 9.98. The van der Waals surface area contributed by atoms with Crippen LogP contribution in [-0.4, -0.2) is 37.5 Å². The Kier molecular flexibility index (Phi) is 5.01. The third kappa shape index (κ3) is 3.46. The third-order valence-corrected chi connectivity index (χ3v) is 7.59. The standard InChI is InChI=1S/C20H23NO6S/c1-2-28(24,25)21-10-8-13(9-11-21)19(22)26-14-6-7-16-15-4-3-5-17(15)20(23)27-18(16)12-14/h6-7,12-13H,2-5,8-11H2,1H3. The van der Waals surface area contributed by atoms with Gasteiger partial charge in [-0.3, -0.25) is 4.79 Å². The maximum absolute atomic E-state index is 12.5. The fourth-order valence-electron chi connectivity index (χ4n) is 4.08. The number of esters is 1. The van der Waals surface area contributed by atoms with E-state index in [4.69, 9.17) is 9.15 Å². The van der Waals surface area contributed by atoms with E-state index in [-0.39, 0.29) is 23.3 Å². The van der Waals surface area contributed by atoms with E-state index in [0.717, 1.165) is 35.8 Å². The van der Waals surface area contributed by atoms with Crippen molar-refractivity contribution in [2.24, 2.45) is 5.92 Å². The maximum Gasteiger partial charge on any atom is 0.339 e. The summed E-state index contributed by atoms with van der Waals surface area (Å²) < 4.78 is 36.2. The van der Waals surface area contributed by atoms with E-state index in [9.17, 15) is 18.0 Å². The lowest BCUT2D eigenvalue weighted by Gasteiger charge is -2.29. The molecular formula is C20H23NO6S. The van der Waals surface area contributed by atoms with Crippen LogP contribution in [0.3, 0.4) is 0 Å². The summed E-state index contributed by atoms with van der Waals surface area (Å²) in [6.45, 7) is 2.27. The second-order valence-corrected chi connectivity index (χ2v) is 9.61. The maximum atomic E-state index is 12.5. The summed E-state index contributed by atoms with van der Waals surface area (Å²) in [4.78, 5) is 24.6. The average Bonchev–Trinajstić information content (AvgIpc) is 3.19. The molecule has 2 aliphatic rings. The molecule has 8 heteroatoms. The molecule has 1 aliphatic carbocycles. The molecule has 0 radical (unpaired) electrons. The number of aryl methyl sites for hydroxylation is 1. The summed E-state index contributed by atoms with van der Waals surface area (Å²) in [6.07, 6.45) is 3.43. The Morgan fingerprint density at radius 2 is 1.93 bits per heavy atom. The Hall–Kier alpha value is -2.19. The zero-order chi connectivity index (χ0) is 19.9. The molecule has 28 heavy (non-hydrogen) atoms. The molecule has 1 saturated heterocycles. The second-order valence-electron chi connectivity index (χ2n) is 7.35. The molecule has 0 saturated carbocycles. The van der Waals surface area contributed by atoms with Crippen LogP contribution >= 0.6 is 0 Å². The van der Waals surface area contributed by atoms with Gasteiger partial charge in [0, 0.05) is 30.1 Å². The molecule has 1 fully saturated rings. The molecule has 150 valence electrons. The Morgan fingerprint density at radius 3 is 2.64 bits per heavy atom. The van der Waals surface area contributed by atoms with E-state index in [2.05, 4.69) is 0 Å². The molecule has 0 amide bonds. The van der Waals surface area contributed by atoms with Crippen LogP contribution in [0.15, 0.2) is 27.4 Å². The molecule has 0 unspecified atom stereocenters. The smallest absolute Gasteiger partial charge is 0.339 e. The van der Waals surface area contributed by atoms with E-state index < -0.39 is 10.0 Å². The van der Waals surface area contributed by atoms with E-state index in [1.54, 1.807) is 19.1 Å². The van der Waals surface area contributed by atoms with Crippen molar-refractivity contribution in [1.29, 1.82) is 0 Å². The molecule has 1 aromatic carbocycles. The first-order valence-electron chi connectivity index (χ1n) is 9.67. The summed E-state index contributed by atoms with van der Waals surface area (Å²) in [5.74, 6) is -0.321. The highest BCUT2D eigenvalue weighted by molar-refractivity contribution is 7.89. The Labute approximate surface area is 163 Å². The summed E-state index contributed by atoms with van der Waals surface area (Å²) >= 11 is 0. The van der Waals surface area contributed by atoms with Gasteiger partial charge < -0.3 is 9.15 Å². The molecule has 7 nitrogen and oxygen atoms in total. The van der Waals surface area contributed by atoms with E-state index >= 15 is 0 Å². The highest BCUT2D eigenvalue weighted by Gasteiger charge is 2.31. The van der Waals surface area contributed by atoms with Gasteiger partial charge >= 0.3 is 11.6 Å². The molecule has 0 atom stereocenters. The fourth-order valence-corrected chi connectivity index (χ4v) is 5.21. The highest BCUT2D eigenvalue weighted by atomic mass is 32.2. The van der Waals surface area contributed by atoms with E-state index in [1.165, 1.54) is 4.31 Å². The number of benzene rings is 1. The van der Waals surface area contributed by atoms with E-state index in [1.807, 2.05) is 6.07 Å². The number of carbonyl (C=O) groups is 1. The van der Waals surface area contributed by atoms with Crippen molar-refractivity contribution in [1.82, 2.24) is 4.31 Å². The highest BCUT2D eigenvalue weighted by Crippen LogP contribution is 2.30. The molecule has 0 spiro atoms. The summed E-state index contributed by atoms with van der Waals surface area (Å²) in [6, 6.07) is 5.14. The van der Waals surface area contributed by atoms with Gasteiger partial charge in [0.15, 0.2) is 0 Å². The normalized spacial score (nSPS) is 18.3. The fraction of sp³-hybridized carbons (Fsp3) is 0.500. The first-order valence-corrected chi connectivity index (χ1v) is 11.3. The van der Waals surface area contributed by atoms with Gasteiger partial charge in [0.1, 0.15) is 11.3 Å². The summed E-state index contributed by atoms with van der Waals surface area (Å²) in [5, 5.41) is 0.893. The number of ether oxygens (including phenoxy) is 1. The zero-order valence-corrected chi connectivity index (χ0v) is 16.6. The molecule has 1 aromatic heterocycles. The van der Waals surface area contributed by atoms with E-state index in [0.29, 0.717) is 37.3 Å². The lowest BCUT2D eigenvalue weighted by Crippen LogP contribution is -2.41. The predicted octanol–water partition coefficient (Wildman–Crippen LogP) is 2.25. The van der Waals surface area contributed by atoms with Crippen molar-refractivity contribution in [3.63, 3.8) is 0 Å². The molecule has 0 bridgehead atoms. The van der Waals surface area contributed by atoms with Crippen LogP contribution in [0.25, 0.3) is 11.0 Å². The predicted molar refractivity (Wildman–Crippen MR) is 104 cm³/mol. The summed E-state index contributed by atoms with van der Waals surface area (Å²) in [7, 11) is -3.22. The van der Waals surface area contributed by atoms with Crippen molar-refractivity contribution in [2.75, 3.05) is 18.8 Å². The summed E-state index contributed by atoms with van der Waals surface area (Å²) in [5.41, 5.74) is 1.91. The minimum atomic E-state index is -3.22. The van der Waals surface area contributed by atoms with Gasteiger partial charge in [-0.05, 0) is 56.7 Å². The lowest BCUT2D eigenvalue weighted by molar-refractivity contribution is -0.140. The number of fused-ring (bicyclic) bond motifs is 3. The van der Waals surface area contributed by atoms with Crippen LogP contribution in [0, 0.1) is 5.92 Å². The SMILES string of the molecule is CCS(=O)(=O)N1CCC(C(=O)Oc2ccc3c4c(c(=O)oc3c2)CCC4)CC1. The Balaban J connectivity index is 1.48. The topological polar surface area (TPSA) is 93.9 Å². The van der Waals surface area contributed by atoms with Gasteiger partial charge in [-0.1, -0.05) is 0 Å². The minimum Gasteiger partial charge on any atom is -0.426 e. The molecule has 2 aromatic rings. The van der Waals surface area contributed by atoms with Crippen LogP contribution in [-0.2, 0) is 27.7 Å². The number of nitrogens with zero attached hydrogens (tertiary/aromatic N) is 1. The van der Waals surface area contributed by atoms with Crippen LogP contribution in [0.1, 0.15) is 37.3 Å². The van der Waals surface area contributed by atoms with Gasteiger partial charge in [-0.2, -0.15) is 0 Å². The van der Waals surface area contributed by atoms with Gasteiger partial charge in [0.05, 0.1) is 11.7 Å². The first-order chi connectivity index (χ1) is 13.4. The number of hydrogen-bond acceptors (Lipinski definition) is 6.